The quantitative estimate of drug-likeness (QED) is 0.822. The van der Waals surface area contributed by atoms with E-state index >= 15 is 0 Å². The Morgan fingerprint density at radius 1 is 1.33 bits per heavy atom. The van der Waals surface area contributed by atoms with Gasteiger partial charge in [-0.05, 0) is 53.0 Å². The summed E-state index contributed by atoms with van der Waals surface area (Å²) in [6.45, 7) is 0. The average molecular weight is 327 g/mol. The largest absolute Gasteiger partial charge is 0.469 e. The molecule has 0 saturated heterocycles. The molecule has 0 radical (unpaired) electrons. The van der Waals surface area contributed by atoms with Crippen LogP contribution in [0.4, 0.5) is 5.69 Å². The van der Waals surface area contributed by atoms with Crippen LogP contribution < -0.4 is 5.32 Å². The van der Waals surface area contributed by atoms with Gasteiger partial charge in [-0.2, -0.15) is 0 Å². The van der Waals surface area contributed by atoms with Gasteiger partial charge in [0.05, 0.1) is 12.3 Å². The van der Waals surface area contributed by atoms with E-state index in [1.165, 1.54) is 5.56 Å². The van der Waals surface area contributed by atoms with E-state index in [0.29, 0.717) is 6.04 Å². The van der Waals surface area contributed by atoms with Gasteiger partial charge in [0.2, 0.25) is 0 Å². The van der Waals surface area contributed by atoms with Gasteiger partial charge in [-0.15, -0.1) is 0 Å². The SMILES string of the molecule is Clc1ccc(NC2CCCc3occc32)c(Br)c1. The van der Waals surface area contributed by atoms with Crippen LogP contribution in [0.5, 0.6) is 0 Å². The Balaban J connectivity index is 1.86. The molecule has 1 heterocycles. The lowest BCUT2D eigenvalue weighted by Crippen LogP contribution is -2.16. The van der Waals surface area contributed by atoms with Crippen molar-refractivity contribution in [3.05, 3.63) is 51.3 Å². The number of furan rings is 1. The van der Waals surface area contributed by atoms with Crippen molar-refractivity contribution >= 4 is 33.2 Å². The van der Waals surface area contributed by atoms with E-state index in [1.54, 1.807) is 6.26 Å². The smallest absolute Gasteiger partial charge is 0.109 e. The van der Waals surface area contributed by atoms with Crippen molar-refractivity contribution in [2.75, 3.05) is 5.32 Å². The van der Waals surface area contributed by atoms with Crippen molar-refractivity contribution in [3.8, 4) is 0 Å². The molecule has 4 heteroatoms. The van der Waals surface area contributed by atoms with Crippen LogP contribution in [-0.4, -0.2) is 0 Å². The van der Waals surface area contributed by atoms with Crippen molar-refractivity contribution in [1.29, 1.82) is 0 Å². The first-order valence-corrected chi connectivity index (χ1v) is 7.19. The molecule has 94 valence electrons. The van der Waals surface area contributed by atoms with E-state index in [0.717, 1.165) is 40.2 Å². The number of rotatable bonds is 2. The van der Waals surface area contributed by atoms with Crippen LogP contribution in [0, 0.1) is 0 Å². The highest BCUT2D eigenvalue weighted by Crippen LogP contribution is 2.35. The molecule has 1 aliphatic carbocycles. The van der Waals surface area contributed by atoms with Crippen molar-refractivity contribution < 1.29 is 4.42 Å². The Morgan fingerprint density at radius 2 is 2.22 bits per heavy atom. The molecule has 18 heavy (non-hydrogen) atoms. The first kappa shape index (κ1) is 12.1. The first-order valence-electron chi connectivity index (χ1n) is 6.02. The van der Waals surface area contributed by atoms with E-state index in [1.807, 2.05) is 18.2 Å². The lowest BCUT2D eigenvalue weighted by atomic mass is 9.93. The van der Waals surface area contributed by atoms with Crippen LogP contribution in [0.25, 0.3) is 0 Å². The predicted octanol–water partition coefficient (Wildman–Crippen LogP) is 5.19. The van der Waals surface area contributed by atoms with Gasteiger partial charge in [0.15, 0.2) is 0 Å². The van der Waals surface area contributed by atoms with Gasteiger partial charge in [0, 0.05) is 27.2 Å². The molecule has 0 fully saturated rings. The maximum Gasteiger partial charge on any atom is 0.109 e. The number of hydrogen-bond donors (Lipinski definition) is 1. The lowest BCUT2D eigenvalue weighted by Gasteiger charge is -2.24. The number of hydrogen-bond acceptors (Lipinski definition) is 2. The number of fused-ring (bicyclic) bond motifs is 1. The summed E-state index contributed by atoms with van der Waals surface area (Å²) in [6, 6.07) is 8.19. The molecule has 0 amide bonds. The number of anilines is 1. The molecule has 1 atom stereocenters. The molecule has 2 nitrogen and oxygen atoms in total. The minimum Gasteiger partial charge on any atom is -0.469 e. The molecule has 1 aromatic carbocycles. The lowest BCUT2D eigenvalue weighted by molar-refractivity contribution is 0.461. The topological polar surface area (TPSA) is 25.2 Å². The highest BCUT2D eigenvalue weighted by Gasteiger charge is 2.22. The van der Waals surface area contributed by atoms with Crippen LogP contribution >= 0.6 is 27.5 Å². The third-order valence-electron chi connectivity index (χ3n) is 3.31. The van der Waals surface area contributed by atoms with E-state index in [4.69, 9.17) is 16.0 Å². The predicted molar refractivity (Wildman–Crippen MR) is 77.2 cm³/mol. The second kappa shape index (κ2) is 4.98. The third kappa shape index (κ3) is 2.29. The van der Waals surface area contributed by atoms with Crippen LogP contribution in [0.15, 0.2) is 39.4 Å². The summed E-state index contributed by atoms with van der Waals surface area (Å²) in [5.41, 5.74) is 2.35. The van der Waals surface area contributed by atoms with Crippen molar-refractivity contribution in [1.82, 2.24) is 0 Å². The minimum atomic E-state index is 0.324. The molecule has 0 aliphatic heterocycles. The van der Waals surface area contributed by atoms with Crippen LogP contribution in [0.1, 0.15) is 30.2 Å². The fraction of sp³-hybridized carbons (Fsp3) is 0.286. The molecule has 1 aromatic heterocycles. The summed E-state index contributed by atoms with van der Waals surface area (Å²) in [5, 5.41) is 4.29. The molecule has 3 rings (SSSR count). The average Bonchev–Trinajstić information content (AvgIpc) is 2.82. The summed E-state index contributed by atoms with van der Waals surface area (Å²) in [7, 11) is 0. The maximum atomic E-state index is 5.95. The summed E-state index contributed by atoms with van der Waals surface area (Å²) in [5.74, 6) is 1.11. The van der Waals surface area contributed by atoms with Gasteiger partial charge in [-0.1, -0.05) is 11.6 Å². The standard InChI is InChI=1S/C14H13BrClNO/c15-11-8-9(16)4-5-13(11)17-12-2-1-3-14-10(12)6-7-18-14/h4-8,12,17H,1-3H2. The Morgan fingerprint density at radius 3 is 3.06 bits per heavy atom. The van der Waals surface area contributed by atoms with E-state index in [2.05, 4.69) is 27.3 Å². The molecule has 1 aliphatic rings. The summed E-state index contributed by atoms with van der Waals surface area (Å²) < 4.78 is 6.49. The van der Waals surface area contributed by atoms with Crippen LogP contribution in [-0.2, 0) is 6.42 Å². The van der Waals surface area contributed by atoms with E-state index < -0.39 is 0 Å². The molecule has 1 N–H and O–H groups in total. The van der Waals surface area contributed by atoms with Gasteiger partial charge in [0.25, 0.3) is 0 Å². The zero-order chi connectivity index (χ0) is 12.5. The van der Waals surface area contributed by atoms with Gasteiger partial charge in [-0.3, -0.25) is 0 Å². The van der Waals surface area contributed by atoms with Gasteiger partial charge < -0.3 is 9.73 Å². The van der Waals surface area contributed by atoms with Crippen LogP contribution in [0.3, 0.4) is 0 Å². The molecule has 0 bridgehead atoms. The molecule has 2 aromatic rings. The highest BCUT2D eigenvalue weighted by atomic mass is 79.9. The second-order valence-electron chi connectivity index (χ2n) is 4.51. The normalized spacial score (nSPS) is 18.4. The molecule has 1 unspecified atom stereocenters. The molecule has 0 saturated carbocycles. The number of halogens is 2. The monoisotopic (exact) mass is 325 g/mol. The van der Waals surface area contributed by atoms with E-state index in [-0.39, 0.29) is 0 Å². The molecular weight excluding hydrogens is 314 g/mol. The first-order chi connectivity index (χ1) is 8.74. The second-order valence-corrected chi connectivity index (χ2v) is 5.80. The number of nitrogens with one attached hydrogen (secondary N) is 1. The highest BCUT2D eigenvalue weighted by molar-refractivity contribution is 9.10. The van der Waals surface area contributed by atoms with E-state index in [9.17, 15) is 0 Å². The zero-order valence-electron chi connectivity index (χ0n) is 9.75. The summed E-state index contributed by atoms with van der Waals surface area (Å²) in [6.07, 6.45) is 5.11. The molecular formula is C14H13BrClNO. The molecule has 0 spiro atoms. The van der Waals surface area contributed by atoms with Gasteiger partial charge >= 0.3 is 0 Å². The van der Waals surface area contributed by atoms with Crippen molar-refractivity contribution in [3.63, 3.8) is 0 Å². The summed E-state index contributed by atoms with van der Waals surface area (Å²) >= 11 is 9.48. The van der Waals surface area contributed by atoms with Gasteiger partial charge in [0.1, 0.15) is 5.76 Å². The zero-order valence-corrected chi connectivity index (χ0v) is 12.1. The Hall–Kier alpha value is -0.930. The third-order valence-corrected chi connectivity index (χ3v) is 4.20. The van der Waals surface area contributed by atoms with Crippen molar-refractivity contribution in [2.45, 2.75) is 25.3 Å². The fourth-order valence-corrected chi connectivity index (χ4v) is 3.23. The minimum absolute atomic E-state index is 0.324. The van der Waals surface area contributed by atoms with Crippen LogP contribution in [0.2, 0.25) is 5.02 Å². The maximum absolute atomic E-state index is 5.95. The summed E-state index contributed by atoms with van der Waals surface area (Å²) in [4.78, 5) is 0. The number of aryl methyl sites for hydroxylation is 1. The number of benzene rings is 1. The Bertz CT molecular complexity index is 567. The Kier molecular flexibility index (Phi) is 3.35. The van der Waals surface area contributed by atoms with Crippen molar-refractivity contribution in [2.24, 2.45) is 0 Å². The Labute approximate surface area is 119 Å². The fourth-order valence-electron chi connectivity index (χ4n) is 2.43. The van der Waals surface area contributed by atoms with Gasteiger partial charge in [-0.25, -0.2) is 0 Å².